The first-order valence-corrected chi connectivity index (χ1v) is 17.2. The van der Waals surface area contributed by atoms with E-state index in [1.54, 1.807) is 0 Å². The van der Waals surface area contributed by atoms with E-state index in [1.165, 1.54) is 128 Å². The Kier molecular flexibility index (Phi) is 38.3. The van der Waals surface area contributed by atoms with E-state index in [9.17, 15) is 9.59 Å². The first kappa shape index (κ1) is 41.8. The molecule has 40 heavy (non-hydrogen) atoms. The van der Waals surface area contributed by atoms with E-state index < -0.39 is 0 Å². The van der Waals surface area contributed by atoms with Crippen LogP contribution in [0.2, 0.25) is 0 Å². The molecule has 0 aliphatic heterocycles. The molecule has 0 rings (SSSR count). The number of carbonyl (C=O) groups excluding carboxylic acids is 2. The van der Waals surface area contributed by atoms with Gasteiger partial charge in [0.15, 0.2) is 0 Å². The van der Waals surface area contributed by atoms with Crippen LogP contribution in [0.1, 0.15) is 194 Å². The summed E-state index contributed by atoms with van der Waals surface area (Å²) >= 11 is 0. The molecular formula is C36H67NaO3. The molecule has 0 saturated carbocycles. The molecule has 0 bridgehead atoms. The van der Waals surface area contributed by atoms with E-state index in [2.05, 4.69) is 38.2 Å². The van der Waals surface area contributed by atoms with Crippen LogP contribution in [0.5, 0.6) is 0 Å². The molecule has 230 valence electrons. The summed E-state index contributed by atoms with van der Waals surface area (Å²) < 4.78 is 4.99. The average Bonchev–Trinajstić information content (AvgIpc) is 2.93. The molecule has 0 amide bonds. The van der Waals surface area contributed by atoms with Crippen molar-refractivity contribution in [3.63, 3.8) is 0 Å². The Bertz CT molecular complexity index is 535. The van der Waals surface area contributed by atoms with E-state index in [0.29, 0.717) is 12.8 Å². The summed E-state index contributed by atoms with van der Waals surface area (Å²) in [4.78, 5) is 23.8. The van der Waals surface area contributed by atoms with Crippen LogP contribution in [0.15, 0.2) is 24.3 Å². The second kappa shape index (κ2) is 36.6. The van der Waals surface area contributed by atoms with Crippen molar-refractivity contribution in [2.45, 2.75) is 194 Å². The van der Waals surface area contributed by atoms with Crippen molar-refractivity contribution in [2.75, 3.05) is 0 Å². The molecule has 0 saturated heterocycles. The van der Waals surface area contributed by atoms with Crippen LogP contribution in [-0.2, 0) is 14.3 Å². The van der Waals surface area contributed by atoms with Gasteiger partial charge in [-0.05, 0) is 64.2 Å². The van der Waals surface area contributed by atoms with E-state index in [1.807, 2.05) is 0 Å². The van der Waals surface area contributed by atoms with Gasteiger partial charge in [-0.3, -0.25) is 9.59 Å². The molecule has 0 fully saturated rings. The minimum absolute atomic E-state index is 0. The van der Waals surface area contributed by atoms with E-state index in [4.69, 9.17) is 4.74 Å². The second-order valence-corrected chi connectivity index (χ2v) is 11.5. The Hall–Kier alpha value is -0.380. The summed E-state index contributed by atoms with van der Waals surface area (Å²) in [6.45, 7) is 4.53. The maximum absolute atomic E-state index is 11.9. The molecule has 0 aliphatic carbocycles. The molecule has 0 aromatic carbocycles. The Morgan fingerprint density at radius 3 is 0.950 bits per heavy atom. The van der Waals surface area contributed by atoms with Crippen LogP contribution in [0.25, 0.3) is 0 Å². The molecular weight excluding hydrogens is 503 g/mol. The molecule has 0 atom stereocenters. The minimum atomic E-state index is -0.342. The normalized spacial score (nSPS) is 11.3. The van der Waals surface area contributed by atoms with Crippen LogP contribution in [-0.4, -0.2) is 41.5 Å². The van der Waals surface area contributed by atoms with Crippen molar-refractivity contribution in [1.82, 2.24) is 0 Å². The predicted molar refractivity (Wildman–Crippen MR) is 177 cm³/mol. The zero-order chi connectivity index (χ0) is 28.5. The maximum atomic E-state index is 11.9. The van der Waals surface area contributed by atoms with Crippen molar-refractivity contribution in [3.8, 4) is 0 Å². The predicted octanol–water partition coefficient (Wildman–Crippen LogP) is 11.5. The molecule has 0 radical (unpaired) electrons. The average molecular weight is 571 g/mol. The second-order valence-electron chi connectivity index (χ2n) is 11.5. The first-order chi connectivity index (χ1) is 19.2. The summed E-state index contributed by atoms with van der Waals surface area (Å²) in [7, 11) is 0. The van der Waals surface area contributed by atoms with Gasteiger partial charge in [0.1, 0.15) is 0 Å². The number of rotatable bonds is 30. The van der Waals surface area contributed by atoms with Gasteiger partial charge in [-0.15, -0.1) is 0 Å². The third kappa shape index (κ3) is 35.6. The van der Waals surface area contributed by atoms with Gasteiger partial charge in [-0.25, -0.2) is 0 Å². The number of hydrogen-bond acceptors (Lipinski definition) is 3. The van der Waals surface area contributed by atoms with Gasteiger partial charge in [0.2, 0.25) is 0 Å². The number of ether oxygens (including phenoxy) is 1. The molecule has 0 N–H and O–H groups in total. The molecule has 0 aromatic rings. The fourth-order valence-electron chi connectivity index (χ4n) is 4.91. The summed E-state index contributed by atoms with van der Waals surface area (Å²) in [5.41, 5.74) is 0. The van der Waals surface area contributed by atoms with Gasteiger partial charge in [-0.2, -0.15) is 0 Å². The molecule has 0 spiro atoms. The number of hydrogen-bond donors (Lipinski definition) is 0. The van der Waals surface area contributed by atoms with Gasteiger partial charge < -0.3 is 4.74 Å². The van der Waals surface area contributed by atoms with Crippen molar-refractivity contribution in [2.24, 2.45) is 0 Å². The van der Waals surface area contributed by atoms with Gasteiger partial charge in [0, 0.05) is 12.8 Å². The number of esters is 2. The SMILES string of the molecule is CCCCCCCCC=CCCCCCCCC(=O)OC(=O)CCCCCCCC=CCCCCCCCC.[NaH]. The van der Waals surface area contributed by atoms with Crippen molar-refractivity contribution < 1.29 is 14.3 Å². The monoisotopic (exact) mass is 570 g/mol. The Morgan fingerprint density at radius 1 is 0.400 bits per heavy atom. The summed E-state index contributed by atoms with van der Waals surface area (Å²) in [6, 6.07) is 0. The zero-order valence-corrected chi connectivity index (χ0v) is 26.3. The van der Waals surface area contributed by atoms with E-state index in [0.717, 1.165) is 38.5 Å². The molecule has 0 unspecified atom stereocenters. The quantitative estimate of drug-likeness (QED) is 0.0283. The number of carbonyl (C=O) groups is 2. The molecule has 0 heterocycles. The Balaban J connectivity index is 0. The van der Waals surface area contributed by atoms with Crippen LogP contribution < -0.4 is 0 Å². The third-order valence-corrected chi connectivity index (χ3v) is 7.51. The molecule has 3 nitrogen and oxygen atoms in total. The standard InChI is InChI=1S/C36H66O3.Na.H/c1-3-5-7-9-11-13-15-17-19-21-23-25-27-29-31-33-35(37)39-36(38)34-32-30-28-26-24-22-20-18-16-14-12-10-8-6-4-2;;/h17-20H,3-16,21-34H2,1-2H3;;. The summed E-state index contributed by atoms with van der Waals surface area (Å²) in [6.07, 6.45) is 42.2. The van der Waals surface area contributed by atoms with Crippen molar-refractivity contribution in [1.29, 1.82) is 0 Å². The number of unbranched alkanes of at least 4 members (excludes halogenated alkanes) is 22. The third-order valence-electron chi connectivity index (χ3n) is 7.51. The number of allylic oxidation sites excluding steroid dienone is 4. The fraction of sp³-hybridized carbons (Fsp3) is 0.833. The fourth-order valence-corrected chi connectivity index (χ4v) is 4.91. The van der Waals surface area contributed by atoms with Crippen LogP contribution in [0.4, 0.5) is 0 Å². The molecule has 4 heteroatoms. The van der Waals surface area contributed by atoms with Crippen LogP contribution in [0.3, 0.4) is 0 Å². The molecule has 0 aliphatic rings. The Morgan fingerprint density at radius 2 is 0.650 bits per heavy atom. The zero-order valence-electron chi connectivity index (χ0n) is 26.3. The van der Waals surface area contributed by atoms with Gasteiger partial charge >= 0.3 is 41.5 Å². The Labute approximate surface area is 272 Å². The van der Waals surface area contributed by atoms with E-state index in [-0.39, 0.29) is 41.5 Å². The first-order valence-electron chi connectivity index (χ1n) is 17.2. The molecule has 0 aromatic heterocycles. The van der Waals surface area contributed by atoms with Gasteiger partial charge in [0.25, 0.3) is 0 Å². The van der Waals surface area contributed by atoms with Crippen LogP contribution in [0, 0.1) is 0 Å². The van der Waals surface area contributed by atoms with Crippen molar-refractivity contribution in [3.05, 3.63) is 24.3 Å². The summed E-state index contributed by atoms with van der Waals surface area (Å²) in [5, 5.41) is 0. The van der Waals surface area contributed by atoms with Gasteiger partial charge in [0.05, 0.1) is 0 Å². The van der Waals surface area contributed by atoms with Gasteiger partial charge in [-0.1, -0.05) is 141 Å². The summed E-state index contributed by atoms with van der Waals surface area (Å²) in [5.74, 6) is -0.684. The van der Waals surface area contributed by atoms with E-state index >= 15 is 0 Å². The topological polar surface area (TPSA) is 43.4 Å². The van der Waals surface area contributed by atoms with Crippen LogP contribution >= 0.6 is 0 Å². The van der Waals surface area contributed by atoms with Crippen molar-refractivity contribution >= 4 is 41.5 Å².